The molecule has 1 N–H and O–H groups in total. The van der Waals surface area contributed by atoms with Crippen LogP contribution in [0.1, 0.15) is 11.1 Å². The molecule has 0 fully saturated rings. The molecule has 0 aliphatic carbocycles. The van der Waals surface area contributed by atoms with Crippen molar-refractivity contribution in [2.24, 2.45) is 10.2 Å². The second kappa shape index (κ2) is 10.4. The molecule has 7 heteroatoms. The van der Waals surface area contributed by atoms with Crippen LogP contribution in [0.4, 0.5) is 5.69 Å². The van der Waals surface area contributed by atoms with Crippen molar-refractivity contribution >= 4 is 27.2 Å². The van der Waals surface area contributed by atoms with Gasteiger partial charge in [0.1, 0.15) is 5.56 Å². The molecule has 4 aromatic carbocycles. The van der Waals surface area contributed by atoms with Crippen LogP contribution in [0.15, 0.2) is 141 Å². The summed E-state index contributed by atoms with van der Waals surface area (Å²) in [4.78, 5) is 13.9. The molecule has 0 atom stereocenters. The first-order chi connectivity index (χ1) is 17.6. The number of hydrogen-bond acceptors (Lipinski definition) is 4. The molecule has 0 aliphatic heterocycles. The molecule has 0 unspecified atom stereocenters. The lowest BCUT2D eigenvalue weighted by atomic mass is 10.0. The van der Waals surface area contributed by atoms with Crippen molar-refractivity contribution < 1.29 is 5.11 Å². The van der Waals surface area contributed by atoms with Crippen LogP contribution in [0, 0.1) is 0 Å². The summed E-state index contributed by atoms with van der Waals surface area (Å²) in [6.45, 7) is 0. The van der Waals surface area contributed by atoms with Crippen molar-refractivity contribution in [1.29, 1.82) is 0 Å². The Kier molecular flexibility index (Phi) is 6.73. The number of azo groups is 1. The molecule has 5 rings (SSSR count). The molecule has 0 amide bonds. The molecule has 6 nitrogen and oxygen atoms in total. The van der Waals surface area contributed by atoms with Crippen LogP contribution in [0.2, 0.25) is 0 Å². The van der Waals surface area contributed by atoms with Gasteiger partial charge in [0.25, 0.3) is 5.56 Å². The molecule has 1 heterocycles. The lowest BCUT2D eigenvalue weighted by Crippen LogP contribution is -2.21. The summed E-state index contributed by atoms with van der Waals surface area (Å²) >= 11 is 3.41. The van der Waals surface area contributed by atoms with Crippen LogP contribution in [0.5, 0.6) is 5.88 Å². The van der Waals surface area contributed by atoms with E-state index in [1.807, 2.05) is 115 Å². The van der Waals surface area contributed by atoms with Crippen LogP contribution in [0.3, 0.4) is 0 Å². The van der Waals surface area contributed by atoms with Crippen molar-refractivity contribution in [3.63, 3.8) is 0 Å². The van der Waals surface area contributed by atoms with Gasteiger partial charge in [-0.05, 0) is 54.1 Å². The highest BCUT2D eigenvalue weighted by Crippen LogP contribution is 2.32. The summed E-state index contributed by atoms with van der Waals surface area (Å²) < 4.78 is 3.91. The Morgan fingerprint density at radius 2 is 1.25 bits per heavy atom. The smallest absolute Gasteiger partial charge is 0.283 e. The van der Waals surface area contributed by atoms with E-state index in [4.69, 9.17) is 0 Å². The number of hydrogen-bond donors (Lipinski definition) is 1. The number of nitrogens with zero attached hydrogens (tertiary/aromatic N) is 4. The van der Waals surface area contributed by atoms with Crippen molar-refractivity contribution in [1.82, 2.24) is 9.36 Å². The number of rotatable bonds is 6. The molecule has 0 aliphatic rings. The molecule has 0 bridgehead atoms. The van der Waals surface area contributed by atoms with E-state index >= 15 is 0 Å². The van der Waals surface area contributed by atoms with E-state index in [9.17, 15) is 9.90 Å². The quantitative estimate of drug-likeness (QED) is 0.232. The number of halogens is 1. The third-order valence-corrected chi connectivity index (χ3v) is 6.10. The van der Waals surface area contributed by atoms with E-state index in [0.717, 1.165) is 10.0 Å². The fourth-order valence-corrected chi connectivity index (χ4v) is 4.16. The largest absolute Gasteiger partial charge is 0.493 e. The molecule has 0 saturated carbocycles. The van der Waals surface area contributed by atoms with E-state index in [1.54, 1.807) is 0 Å². The van der Waals surface area contributed by atoms with Crippen LogP contribution in [-0.2, 0) is 0 Å². The van der Waals surface area contributed by atoms with Gasteiger partial charge in [-0.3, -0.25) is 4.79 Å². The fraction of sp³-hybridized carbons (Fsp3) is 0. The maximum atomic E-state index is 13.9. The molecule has 0 radical (unpaired) electrons. The Balaban J connectivity index is 1.74. The summed E-state index contributed by atoms with van der Waals surface area (Å²) in [6, 6.07) is 35.3. The van der Waals surface area contributed by atoms with Crippen LogP contribution in [0.25, 0.3) is 16.9 Å². The minimum Gasteiger partial charge on any atom is -0.493 e. The third kappa shape index (κ3) is 4.69. The topological polar surface area (TPSA) is 71.9 Å². The number of para-hydroxylation sites is 2. The summed E-state index contributed by atoms with van der Waals surface area (Å²) in [6.07, 6.45) is 1.51. The zero-order valence-corrected chi connectivity index (χ0v) is 20.7. The first-order valence-corrected chi connectivity index (χ1v) is 12.0. The second-order valence-electron chi connectivity index (χ2n) is 7.90. The van der Waals surface area contributed by atoms with Gasteiger partial charge in [0.15, 0.2) is 0 Å². The summed E-state index contributed by atoms with van der Waals surface area (Å²) in [5, 5.41) is 20.1. The highest BCUT2D eigenvalue weighted by atomic mass is 79.9. The number of aromatic hydroxyl groups is 1. The van der Waals surface area contributed by atoms with Crippen LogP contribution < -0.4 is 5.56 Å². The summed E-state index contributed by atoms with van der Waals surface area (Å²) in [5.41, 5.74) is 2.86. The molecule has 5 aromatic rings. The van der Waals surface area contributed by atoms with E-state index in [1.165, 1.54) is 15.6 Å². The first kappa shape index (κ1) is 23.3. The van der Waals surface area contributed by atoms with Crippen LogP contribution >= 0.6 is 15.9 Å². The van der Waals surface area contributed by atoms with Crippen molar-refractivity contribution in [3.05, 3.63) is 147 Å². The van der Waals surface area contributed by atoms with E-state index in [-0.39, 0.29) is 17.0 Å². The maximum Gasteiger partial charge on any atom is 0.283 e. The molecular weight excluding hydrogens is 516 g/mol. The molecule has 36 heavy (non-hydrogen) atoms. The second-order valence-corrected chi connectivity index (χ2v) is 8.81. The van der Waals surface area contributed by atoms with Gasteiger partial charge in [-0.25, -0.2) is 9.36 Å². The zero-order valence-electron chi connectivity index (χ0n) is 19.1. The minimum atomic E-state index is -0.378. The average Bonchev–Trinajstić information content (AvgIpc) is 3.19. The Morgan fingerprint density at radius 3 is 1.83 bits per heavy atom. The van der Waals surface area contributed by atoms with Gasteiger partial charge in [-0.15, -0.1) is 0 Å². The van der Waals surface area contributed by atoms with Gasteiger partial charge in [-0.1, -0.05) is 82.7 Å². The Bertz CT molecular complexity index is 1590. The van der Waals surface area contributed by atoms with Gasteiger partial charge in [-0.2, -0.15) is 10.2 Å². The standard InChI is InChI=1S/C29H21BrN4O2/c30-22-16-18-23(19-17-22)32-31-20-26(21-10-4-1-5-11-21)27-28(35)33(24-12-6-2-7-13-24)34(29(27)36)25-14-8-3-9-15-25/h1-20,35H. The molecule has 1 aromatic heterocycles. The SMILES string of the molecule is O=c1c(C(=CN=Nc2ccc(Br)cc2)c2ccccc2)c(O)n(-c2ccccc2)n1-c1ccccc1. The highest BCUT2D eigenvalue weighted by Gasteiger charge is 2.25. The molecule has 0 spiro atoms. The first-order valence-electron chi connectivity index (χ1n) is 11.2. The van der Waals surface area contributed by atoms with Crippen molar-refractivity contribution in [2.45, 2.75) is 0 Å². The Hall–Kier alpha value is -4.49. The van der Waals surface area contributed by atoms with Gasteiger partial charge in [0.2, 0.25) is 5.88 Å². The van der Waals surface area contributed by atoms with E-state index < -0.39 is 0 Å². The molecular formula is C29H21BrN4O2. The van der Waals surface area contributed by atoms with Crippen molar-refractivity contribution in [2.75, 3.05) is 0 Å². The Labute approximate surface area is 216 Å². The predicted octanol–water partition coefficient (Wildman–Crippen LogP) is 7.27. The fourth-order valence-electron chi connectivity index (χ4n) is 3.90. The maximum absolute atomic E-state index is 13.9. The van der Waals surface area contributed by atoms with Crippen molar-refractivity contribution in [3.8, 4) is 17.3 Å². The van der Waals surface area contributed by atoms with Gasteiger partial charge in [0, 0.05) is 10.0 Å². The normalized spacial score (nSPS) is 11.8. The lowest BCUT2D eigenvalue weighted by molar-refractivity contribution is 0.424. The lowest BCUT2D eigenvalue weighted by Gasteiger charge is -2.12. The number of aromatic nitrogens is 2. The monoisotopic (exact) mass is 536 g/mol. The number of benzene rings is 4. The minimum absolute atomic E-state index is 0.128. The van der Waals surface area contributed by atoms with E-state index in [0.29, 0.717) is 22.6 Å². The summed E-state index contributed by atoms with van der Waals surface area (Å²) in [5.74, 6) is -0.191. The average molecular weight is 537 g/mol. The molecule has 0 saturated heterocycles. The predicted molar refractivity (Wildman–Crippen MR) is 145 cm³/mol. The Morgan fingerprint density at radius 1 is 0.722 bits per heavy atom. The molecule has 176 valence electrons. The van der Waals surface area contributed by atoms with Gasteiger partial charge >= 0.3 is 0 Å². The van der Waals surface area contributed by atoms with Gasteiger partial charge in [0.05, 0.1) is 23.3 Å². The van der Waals surface area contributed by atoms with E-state index in [2.05, 4.69) is 26.2 Å². The van der Waals surface area contributed by atoms with Crippen LogP contribution in [-0.4, -0.2) is 14.5 Å². The summed E-state index contributed by atoms with van der Waals surface area (Å²) in [7, 11) is 0. The van der Waals surface area contributed by atoms with Gasteiger partial charge < -0.3 is 5.11 Å². The third-order valence-electron chi connectivity index (χ3n) is 5.57. The zero-order chi connectivity index (χ0) is 24.9. The highest BCUT2D eigenvalue weighted by molar-refractivity contribution is 9.10.